The van der Waals surface area contributed by atoms with Gasteiger partial charge >= 0.3 is 5.97 Å². The molecule has 19 heavy (non-hydrogen) atoms. The summed E-state index contributed by atoms with van der Waals surface area (Å²) in [6.45, 7) is 3.40. The molecule has 0 heterocycles. The Morgan fingerprint density at radius 3 is 2.53 bits per heavy atom. The molecular weight excluding hydrogens is 273 g/mol. The van der Waals surface area contributed by atoms with E-state index in [1.807, 2.05) is 21.1 Å². The van der Waals surface area contributed by atoms with Gasteiger partial charge in [0, 0.05) is 12.5 Å². The molecule has 0 aromatic heterocycles. The Morgan fingerprint density at radius 1 is 1.53 bits per heavy atom. The average molecular weight is 295 g/mol. The fourth-order valence-corrected chi connectivity index (χ4v) is 1.79. The molecule has 0 aliphatic rings. The molecular formula is C11H22NO6P. The Kier molecular flexibility index (Phi) is 7.47. The lowest BCUT2D eigenvalue weighted by atomic mass is 10.1. The van der Waals surface area contributed by atoms with Crippen LogP contribution in [0.1, 0.15) is 12.8 Å². The SMILES string of the molecule is C=CC(=O)OCCCC(COP(=O)([O-])O)[N+](C)(C)C. The second-order valence-electron chi connectivity index (χ2n) is 5.05. The summed E-state index contributed by atoms with van der Waals surface area (Å²) in [5.74, 6) is -0.488. The zero-order chi connectivity index (χ0) is 15.1. The number of carbonyl (C=O) groups is 1. The highest BCUT2D eigenvalue weighted by atomic mass is 31.2. The Hall–Kier alpha value is -0.720. The van der Waals surface area contributed by atoms with E-state index in [1.165, 1.54) is 0 Å². The molecule has 0 bridgehead atoms. The largest absolute Gasteiger partial charge is 0.756 e. The van der Waals surface area contributed by atoms with Crippen molar-refractivity contribution in [2.24, 2.45) is 0 Å². The first-order chi connectivity index (χ1) is 8.56. The summed E-state index contributed by atoms with van der Waals surface area (Å²) in [5, 5.41) is 0. The maximum absolute atomic E-state index is 10.8. The molecule has 0 rings (SSSR count). The van der Waals surface area contributed by atoms with E-state index in [4.69, 9.17) is 9.63 Å². The molecule has 0 aliphatic heterocycles. The van der Waals surface area contributed by atoms with Crippen molar-refractivity contribution in [1.82, 2.24) is 0 Å². The number of carbonyl (C=O) groups excluding carboxylic acids is 1. The van der Waals surface area contributed by atoms with Gasteiger partial charge < -0.3 is 23.5 Å². The molecule has 112 valence electrons. The van der Waals surface area contributed by atoms with Crippen molar-refractivity contribution in [3.8, 4) is 0 Å². The van der Waals surface area contributed by atoms with Gasteiger partial charge in [-0.05, 0) is 6.42 Å². The van der Waals surface area contributed by atoms with Crippen molar-refractivity contribution < 1.29 is 32.9 Å². The minimum Gasteiger partial charge on any atom is -0.756 e. The van der Waals surface area contributed by atoms with Crippen LogP contribution in [-0.4, -0.2) is 55.7 Å². The first kappa shape index (κ1) is 18.3. The van der Waals surface area contributed by atoms with E-state index < -0.39 is 13.8 Å². The highest BCUT2D eigenvalue weighted by molar-refractivity contribution is 7.44. The second kappa shape index (κ2) is 7.77. The van der Waals surface area contributed by atoms with E-state index in [9.17, 15) is 14.3 Å². The molecule has 8 heteroatoms. The van der Waals surface area contributed by atoms with E-state index >= 15 is 0 Å². The number of likely N-dealkylation sites (N-methyl/N-ethyl adjacent to an activating group) is 1. The lowest BCUT2D eigenvalue weighted by Gasteiger charge is -2.34. The number of hydrogen-bond acceptors (Lipinski definition) is 5. The van der Waals surface area contributed by atoms with Gasteiger partial charge in [-0.15, -0.1) is 0 Å². The summed E-state index contributed by atoms with van der Waals surface area (Å²) in [5.41, 5.74) is 0. The van der Waals surface area contributed by atoms with Gasteiger partial charge in [0.15, 0.2) is 0 Å². The van der Waals surface area contributed by atoms with Crippen LogP contribution in [0.2, 0.25) is 0 Å². The number of esters is 1. The van der Waals surface area contributed by atoms with E-state index in [0.29, 0.717) is 17.3 Å². The number of phosphoric ester groups is 1. The molecule has 0 spiro atoms. The van der Waals surface area contributed by atoms with Crippen molar-refractivity contribution in [2.75, 3.05) is 34.4 Å². The van der Waals surface area contributed by atoms with Gasteiger partial charge in [-0.25, -0.2) is 4.79 Å². The third kappa shape index (κ3) is 9.81. The molecule has 1 N–H and O–H groups in total. The number of ether oxygens (including phenoxy) is 1. The smallest absolute Gasteiger partial charge is 0.330 e. The minimum atomic E-state index is -4.71. The maximum Gasteiger partial charge on any atom is 0.330 e. The lowest BCUT2D eigenvalue weighted by molar-refractivity contribution is -0.896. The molecule has 2 atom stereocenters. The normalized spacial score (nSPS) is 16.5. The Bertz CT molecular complexity index is 346. The Balaban J connectivity index is 4.19. The topological polar surface area (TPSA) is 95.9 Å². The molecule has 0 aromatic rings. The third-order valence-corrected chi connectivity index (χ3v) is 3.09. The van der Waals surface area contributed by atoms with Gasteiger partial charge in [0.05, 0.1) is 27.7 Å². The molecule has 0 aromatic carbocycles. The highest BCUT2D eigenvalue weighted by Crippen LogP contribution is 2.31. The van der Waals surface area contributed by atoms with Crippen molar-refractivity contribution in [3.05, 3.63) is 12.7 Å². The molecule has 0 aliphatic carbocycles. The van der Waals surface area contributed by atoms with Crippen molar-refractivity contribution in [2.45, 2.75) is 18.9 Å². The quantitative estimate of drug-likeness (QED) is 0.212. The molecule has 0 saturated heterocycles. The van der Waals surface area contributed by atoms with Gasteiger partial charge in [-0.2, -0.15) is 0 Å². The zero-order valence-electron chi connectivity index (χ0n) is 11.6. The third-order valence-electron chi connectivity index (χ3n) is 2.62. The number of quaternary nitrogens is 1. The predicted molar refractivity (Wildman–Crippen MR) is 68.0 cm³/mol. The average Bonchev–Trinajstić information content (AvgIpc) is 2.24. The monoisotopic (exact) mass is 295 g/mol. The fourth-order valence-electron chi connectivity index (χ4n) is 1.43. The van der Waals surface area contributed by atoms with Gasteiger partial charge in [0.1, 0.15) is 12.6 Å². The summed E-state index contributed by atoms with van der Waals surface area (Å²) in [4.78, 5) is 30.0. The Morgan fingerprint density at radius 2 is 2.11 bits per heavy atom. The first-order valence-electron chi connectivity index (χ1n) is 5.85. The summed E-state index contributed by atoms with van der Waals surface area (Å²) < 4.78 is 20.3. The molecule has 0 radical (unpaired) electrons. The molecule has 0 amide bonds. The number of rotatable bonds is 9. The van der Waals surface area contributed by atoms with Crippen LogP contribution < -0.4 is 4.89 Å². The maximum atomic E-state index is 10.8. The van der Waals surface area contributed by atoms with Gasteiger partial charge in [0.2, 0.25) is 0 Å². The van der Waals surface area contributed by atoms with Crippen LogP contribution in [0.25, 0.3) is 0 Å². The summed E-state index contributed by atoms with van der Waals surface area (Å²) in [7, 11) is 0.950. The summed E-state index contributed by atoms with van der Waals surface area (Å²) in [6, 6.07) is -0.142. The van der Waals surface area contributed by atoms with Crippen molar-refractivity contribution >= 4 is 13.8 Å². The van der Waals surface area contributed by atoms with Crippen LogP contribution in [0.3, 0.4) is 0 Å². The first-order valence-corrected chi connectivity index (χ1v) is 7.34. The highest BCUT2D eigenvalue weighted by Gasteiger charge is 2.25. The summed E-state index contributed by atoms with van der Waals surface area (Å²) >= 11 is 0. The lowest BCUT2D eigenvalue weighted by Crippen LogP contribution is -2.47. The van der Waals surface area contributed by atoms with Crippen LogP contribution >= 0.6 is 7.82 Å². The zero-order valence-corrected chi connectivity index (χ0v) is 12.5. The van der Waals surface area contributed by atoms with E-state index in [-0.39, 0.29) is 19.3 Å². The van der Waals surface area contributed by atoms with Crippen LogP contribution in [0, 0.1) is 0 Å². The number of nitrogens with zero attached hydrogens (tertiary/aromatic N) is 1. The van der Waals surface area contributed by atoms with E-state index in [1.54, 1.807) is 0 Å². The van der Waals surface area contributed by atoms with Crippen LogP contribution in [0.15, 0.2) is 12.7 Å². The van der Waals surface area contributed by atoms with Crippen LogP contribution in [-0.2, 0) is 18.6 Å². The Labute approximate surface area is 113 Å². The van der Waals surface area contributed by atoms with E-state index in [2.05, 4.69) is 11.1 Å². The number of phosphoric acid groups is 1. The minimum absolute atomic E-state index is 0.115. The molecule has 0 fully saturated rings. The van der Waals surface area contributed by atoms with E-state index in [0.717, 1.165) is 6.08 Å². The number of hydrogen-bond donors (Lipinski definition) is 1. The van der Waals surface area contributed by atoms with Gasteiger partial charge in [-0.3, -0.25) is 4.57 Å². The van der Waals surface area contributed by atoms with Crippen molar-refractivity contribution in [1.29, 1.82) is 0 Å². The second-order valence-corrected chi connectivity index (χ2v) is 6.24. The van der Waals surface area contributed by atoms with Crippen LogP contribution in [0.4, 0.5) is 0 Å². The fraction of sp³-hybridized carbons (Fsp3) is 0.727. The molecule has 7 nitrogen and oxygen atoms in total. The van der Waals surface area contributed by atoms with Gasteiger partial charge in [0.25, 0.3) is 7.82 Å². The van der Waals surface area contributed by atoms with Crippen LogP contribution in [0.5, 0.6) is 0 Å². The predicted octanol–water partition coefficient (Wildman–Crippen LogP) is 0.0479. The van der Waals surface area contributed by atoms with Gasteiger partial charge in [-0.1, -0.05) is 6.58 Å². The van der Waals surface area contributed by atoms with Crippen molar-refractivity contribution in [3.63, 3.8) is 0 Å². The molecule has 2 unspecified atom stereocenters. The molecule has 0 saturated carbocycles. The summed E-state index contributed by atoms with van der Waals surface area (Å²) in [6.07, 6.45) is 2.24. The standard InChI is InChI=1S/C11H22NO6P/c1-5-11(13)17-8-6-7-10(12(2,3)4)9-18-19(14,15)16/h5,10H,1,6-9H2,2-4H3,(H-,14,15,16).